The van der Waals surface area contributed by atoms with Crippen molar-refractivity contribution in [1.82, 2.24) is 0 Å². The zero-order valence-corrected chi connectivity index (χ0v) is 11.7. The highest BCUT2D eigenvalue weighted by atomic mass is 16.5. The van der Waals surface area contributed by atoms with Crippen molar-refractivity contribution in [3.05, 3.63) is 35.4 Å². The fraction of sp³-hybridized carbons (Fsp3) is 0.562. The third-order valence-electron chi connectivity index (χ3n) is 3.27. The van der Waals surface area contributed by atoms with Gasteiger partial charge in [0, 0.05) is 6.92 Å². The molecule has 0 aliphatic heterocycles. The third kappa shape index (κ3) is 4.91. The highest BCUT2D eigenvalue weighted by molar-refractivity contribution is 5.65. The van der Waals surface area contributed by atoms with E-state index in [1.807, 2.05) is 0 Å². The number of carbonyl (C=O) groups is 1. The first-order valence-electron chi connectivity index (χ1n) is 6.86. The molecule has 1 aliphatic carbocycles. The summed E-state index contributed by atoms with van der Waals surface area (Å²) in [7, 11) is 0. The van der Waals surface area contributed by atoms with Gasteiger partial charge < -0.3 is 4.74 Å². The van der Waals surface area contributed by atoms with Gasteiger partial charge in [0.25, 0.3) is 0 Å². The highest BCUT2D eigenvalue weighted by Crippen LogP contribution is 2.29. The number of fused-ring (bicyclic) bond motifs is 1. The van der Waals surface area contributed by atoms with E-state index in [-0.39, 0.29) is 5.97 Å². The molecule has 0 saturated heterocycles. The lowest BCUT2D eigenvalue weighted by Crippen LogP contribution is -1.95. The van der Waals surface area contributed by atoms with Gasteiger partial charge in [-0.15, -0.1) is 0 Å². The predicted molar refractivity (Wildman–Crippen MR) is 74.7 cm³/mol. The van der Waals surface area contributed by atoms with Crippen LogP contribution in [0.2, 0.25) is 0 Å². The molecule has 0 radical (unpaired) electrons. The van der Waals surface area contributed by atoms with Crippen molar-refractivity contribution in [2.75, 3.05) is 6.61 Å². The van der Waals surface area contributed by atoms with Crippen molar-refractivity contribution < 1.29 is 9.53 Å². The van der Waals surface area contributed by atoms with E-state index < -0.39 is 0 Å². The molecule has 1 unspecified atom stereocenters. The van der Waals surface area contributed by atoms with Gasteiger partial charge in [0.2, 0.25) is 0 Å². The summed E-state index contributed by atoms with van der Waals surface area (Å²) in [6.45, 7) is 6.00. The van der Waals surface area contributed by atoms with Crippen LogP contribution >= 0.6 is 0 Å². The summed E-state index contributed by atoms with van der Waals surface area (Å²) in [5, 5.41) is 0. The summed E-state index contributed by atoms with van der Waals surface area (Å²) in [4.78, 5) is 9.82. The Balaban J connectivity index is 0.000000232. The number of esters is 1. The summed E-state index contributed by atoms with van der Waals surface area (Å²) in [5.41, 5.74) is 3.18. The maximum Gasteiger partial charge on any atom is 0.302 e. The Labute approximate surface area is 110 Å². The lowest BCUT2D eigenvalue weighted by atomic mass is 9.95. The molecular weight excluding hydrogens is 224 g/mol. The monoisotopic (exact) mass is 248 g/mol. The average Bonchev–Trinajstić information content (AvgIpc) is 2.53. The van der Waals surface area contributed by atoms with Gasteiger partial charge in [-0.3, -0.25) is 4.79 Å². The van der Waals surface area contributed by atoms with Crippen LogP contribution in [0, 0.1) is 0 Å². The Hall–Kier alpha value is -1.31. The van der Waals surface area contributed by atoms with Crippen LogP contribution in [0.5, 0.6) is 0 Å². The topological polar surface area (TPSA) is 26.3 Å². The maximum atomic E-state index is 9.82. The van der Waals surface area contributed by atoms with Gasteiger partial charge in [-0.25, -0.2) is 0 Å². The van der Waals surface area contributed by atoms with E-state index in [1.54, 1.807) is 18.1 Å². The molecule has 0 spiro atoms. The van der Waals surface area contributed by atoms with Gasteiger partial charge in [-0.2, -0.15) is 0 Å². The van der Waals surface area contributed by atoms with Crippen LogP contribution in [0.3, 0.4) is 0 Å². The molecule has 2 nitrogen and oxygen atoms in total. The Bertz CT molecular complexity index is 371. The van der Waals surface area contributed by atoms with Gasteiger partial charge in [-0.05, 0) is 43.2 Å². The molecule has 1 atom stereocenters. The Morgan fingerprint density at radius 1 is 1.33 bits per heavy atom. The van der Waals surface area contributed by atoms with Crippen LogP contribution in [0.15, 0.2) is 24.3 Å². The largest absolute Gasteiger partial charge is 0.466 e. The summed E-state index contributed by atoms with van der Waals surface area (Å²) in [5.74, 6) is 0.571. The summed E-state index contributed by atoms with van der Waals surface area (Å²) < 4.78 is 4.40. The van der Waals surface area contributed by atoms with Crippen LogP contribution in [-0.4, -0.2) is 12.6 Å². The summed E-state index contributed by atoms with van der Waals surface area (Å²) >= 11 is 0. The van der Waals surface area contributed by atoms with Crippen molar-refractivity contribution in [3.63, 3.8) is 0 Å². The second-order valence-electron chi connectivity index (χ2n) is 4.77. The SMILES string of the molecule is CC1CCCCc2ccccc21.CCOC(C)=O. The first-order chi connectivity index (χ1) is 8.65. The fourth-order valence-corrected chi connectivity index (χ4v) is 2.37. The minimum atomic E-state index is -0.211. The molecule has 2 heteroatoms. The van der Waals surface area contributed by atoms with Gasteiger partial charge in [0.05, 0.1) is 6.61 Å². The van der Waals surface area contributed by atoms with Gasteiger partial charge in [-0.1, -0.05) is 37.6 Å². The van der Waals surface area contributed by atoms with Crippen LogP contribution < -0.4 is 0 Å². The lowest BCUT2D eigenvalue weighted by Gasteiger charge is -2.11. The van der Waals surface area contributed by atoms with Crippen LogP contribution in [0.25, 0.3) is 0 Å². The molecule has 0 fully saturated rings. The smallest absolute Gasteiger partial charge is 0.302 e. The van der Waals surface area contributed by atoms with Gasteiger partial charge in [0.1, 0.15) is 0 Å². The van der Waals surface area contributed by atoms with Crippen molar-refractivity contribution in [3.8, 4) is 0 Å². The fourth-order valence-electron chi connectivity index (χ4n) is 2.37. The number of ether oxygens (including phenoxy) is 1. The van der Waals surface area contributed by atoms with E-state index in [2.05, 4.69) is 35.9 Å². The maximum absolute atomic E-state index is 9.82. The minimum Gasteiger partial charge on any atom is -0.466 e. The van der Waals surface area contributed by atoms with Crippen LogP contribution in [-0.2, 0) is 16.0 Å². The standard InChI is InChI=1S/C12H16.C4H8O2/c1-10-6-2-3-7-11-8-4-5-9-12(10)11;1-3-6-4(2)5/h4-5,8-10H,2-3,6-7H2,1H3;3H2,1-2H3. The molecule has 0 heterocycles. The Morgan fingerprint density at radius 2 is 2.06 bits per heavy atom. The minimum absolute atomic E-state index is 0.211. The number of hydrogen-bond acceptors (Lipinski definition) is 2. The summed E-state index contributed by atoms with van der Waals surface area (Å²) in [6, 6.07) is 8.92. The molecule has 1 aliphatic rings. The zero-order valence-electron chi connectivity index (χ0n) is 11.7. The highest BCUT2D eigenvalue weighted by Gasteiger charge is 2.12. The average molecular weight is 248 g/mol. The van der Waals surface area contributed by atoms with Crippen molar-refractivity contribution >= 4 is 5.97 Å². The molecule has 0 aromatic heterocycles. The molecule has 2 rings (SSSR count). The van der Waals surface area contributed by atoms with Gasteiger partial charge >= 0.3 is 5.97 Å². The molecule has 0 amide bonds. The number of carbonyl (C=O) groups excluding carboxylic acids is 1. The molecule has 0 saturated carbocycles. The molecule has 100 valence electrons. The van der Waals surface area contributed by atoms with Crippen LogP contribution in [0.4, 0.5) is 0 Å². The molecule has 18 heavy (non-hydrogen) atoms. The number of aryl methyl sites for hydroxylation is 1. The Kier molecular flexibility index (Phi) is 6.48. The lowest BCUT2D eigenvalue weighted by molar-refractivity contribution is -0.140. The number of hydrogen-bond donors (Lipinski definition) is 0. The molecule has 0 bridgehead atoms. The summed E-state index contributed by atoms with van der Waals surface area (Å²) in [6.07, 6.45) is 5.44. The zero-order chi connectivity index (χ0) is 13.4. The van der Waals surface area contributed by atoms with E-state index in [0.29, 0.717) is 6.61 Å². The first kappa shape index (κ1) is 14.7. The van der Waals surface area contributed by atoms with Crippen molar-refractivity contribution in [1.29, 1.82) is 0 Å². The van der Waals surface area contributed by atoms with E-state index in [1.165, 1.54) is 32.6 Å². The second kappa shape index (κ2) is 7.91. The predicted octanol–water partition coefficient (Wildman–Crippen LogP) is 4.09. The van der Waals surface area contributed by atoms with E-state index in [4.69, 9.17) is 0 Å². The normalized spacial score (nSPS) is 17.8. The Morgan fingerprint density at radius 3 is 2.67 bits per heavy atom. The third-order valence-corrected chi connectivity index (χ3v) is 3.27. The molecule has 1 aromatic rings. The van der Waals surface area contributed by atoms with Crippen molar-refractivity contribution in [2.24, 2.45) is 0 Å². The second-order valence-corrected chi connectivity index (χ2v) is 4.77. The molecule has 0 N–H and O–H groups in total. The first-order valence-corrected chi connectivity index (χ1v) is 6.86. The number of rotatable bonds is 1. The number of benzene rings is 1. The van der Waals surface area contributed by atoms with E-state index in [0.717, 1.165) is 5.92 Å². The van der Waals surface area contributed by atoms with Gasteiger partial charge in [0.15, 0.2) is 0 Å². The van der Waals surface area contributed by atoms with E-state index in [9.17, 15) is 4.79 Å². The van der Waals surface area contributed by atoms with Crippen molar-refractivity contribution in [2.45, 2.75) is 52.4 Å². The molecule has 1 aromatic carbocycles. The quantitative estimate of drug-likeness (QED) is 0.553. The van der Waals surface area contributed by atoms with E-state index >= 15 is 0 Å². The molecular formula is C16H24O2. The van der Waals surface area contributed by atoms with Crippen LogP contribution in [0.1, 0.15) is 57.1 Å².